The van der Waals surface area contributed by atoms with E-state index < -0.39 is 0 Å². The van der Waals surface area contributed by atoms with Crippen molar-refractivity contribution in [3.63, 3.8) is 0 Å². The molecule has 0 spiro atoms. The van der Waals surface area contributed by atoms with Crippen molar-refractivity contribution in [2.45, 2.75) is 12.8 Å². The Balaban J connectivity index is 2.22. The van der Waals surface area contributed by atoms with Crippen LogP contribution in [0.1, 0.15) is 11.1 Å². The lowest BCUT2D eigenvalue weighted by Gasteiger charge is -2.13. The zero-order chi connectivity index (χ0) is 15.9. The summed E-state index contributed by atoms with van der Waals surface area (Å²) in [6.45, 7) is 0. The molecule has 0 fully saturated rings. The van der Waals surface area contributed by atoms with Gasteiger partial charge in [-0.2, -0.15) is 0 Å². The Kier molecular flexibility index (Phi) is 5.74. The third kappa shape index (κ3) is 3.75. The minimum atomic E-state index is 0.636. The second kappa shape index (κ2) is 7.77. The number of ether oxygens (including phenoxy) is 2. The van der Waals surface area contributed by atoms with Gasteiger partial charge in [-0.3, -0.25) is 0 Å². The predicted octanol–water partition coefficient (Wildman–Crippen LogP) is 0.874. The first-order valence-corrected chi connectivity index (χ1v) is 6.96. The third-order valence-corrected chi connectivity index (χ3v) is 3.62. The topological polar surface area (TPSA) is 97.8 Å². The fourth-order valence-corrected chi connectivity index (χ4v) is 2.35. The normalized spacial score (nSPS) is 10.5. The first-order valence-electron chi connectivity index (χ1n) is 6.96. The summed E-state index contributed by atoms with van der Waals surface area (Å²) in [4.78, 5) is 0. The Bertz CT molecular complexity index is 576. The number of benzene rings is 2. The largest absolute Gasteiger partial charge is 0.630 e. The van der Waals surface area contributed by atoms with Crippen molar-refractivity contribution in [3.05, 3.63) is 57.9 Å². The Morgan fingerprint density at radius 1 is 0.773 bits per heavy atom. The van der Waals surface area contributed by atoms with E-state index in [1.165, 1.54) is 0 Å². The van der Waals surface area contributed by atoms with E-state index in [1.807, 2.05) is 12.1 Å². The predicted molar refractivity (Wildman–Crippen MR) is 83.3 cm³/mol. The van der Waals surface area contributed by atoms with Gasteiger partial charge < -0.3 is 30.8 Å². The molecule has 0 heterocycles. The molecule has 118 valence electrons. The van der Waals surface area contributed by atoms with Crippen LogP contribution < -0.4 is 20.4 Å². The molecule has 0 aliphatic rings. The van der Waals surface area contributed by atoms with Crippen LogP contribution in [0, 0.1) is 10.4 Å². The average molecular weight is 304 g/mol. The van der Waals surface area contributed by atoms with Crippen molar-refractivity contribution in [2.75, 3.05) is 14.2 Å². The molecule has 2 rings (SSSR count). The molecule has 6 nitrogen and oxygen atoms in total. The van der Waals surface area contributed by atoms with Crippen molar-refractivity contribution in [2.24, 2.45) is 0 Å². The number of aryl methyl sites for hydroxylation is 2. The monoisotopic (exact) mass is 304 g/mol. The Morgan fingerprint density at radius 3 is 1.50 bits per heavy atom. The third-order valence-electron chi connectivity index (χ3n) is 3.62. The number of hydrogen-bond donors (Lipinski definition) is 2. The van der Waals surface area contributed by atoms with E-state index in [-0.39, 0.29) is 0 Å². The summed E-state index contributed by atoms with van der Waals surface area (Å²) in [6, 6.07) is 10.7. The lowest BCUT2D eigenvalue weighted by Crippen LogP contribution is -2.70. The minimum absolute atomic E-state index is 0.636. The summed E-state index contributed by atoms with van der Waals surface area (Å²) in [5.41, 5.74) is 4.73. The zero-order valence-corrected chi connectivity index (χ0v) is 12.7. The Hall–Kier alpha value is -2.12. The fraction of sp³-hybridized carbons (Fsp3) is 0.250. The van der Waals surface area contributed by atoms with E-state index in [0.717, 1.165) is 22.1 Å². The highest BCUT2D eigenvalue weighted by atomic mass is 16.5. The van der Waals surface area contributed by atoms with Crippen LogP contribution in [0.5, 0.6) is 11.5 Å². The fourth-order valence-electron chi connectivity index (χ4n) is 2.35. The molecular weight excluding hydrogens is 284 g/mol. The van der Waals surface area contributed by atoms with Gasteiger partial charge in [0, 0.05) is 23.3 Å². The molecule has 22 heavy (non-hydrogen) atoms. The van der Waals surface area contributed by atoms with Gasteiger partial charge in [-0.05, 0) is 37.1 Å². The second-order valence-corrected chi connectivity index (χ2v) is 4.87. The van der Waals surface area contributed by atoms with Crippen LogP contribution in [0.3, 0.4) is 0 Å². The van der Waals surface area contributed by atoms with E-state index in [2.05, 4.69) is 0 Å². The highest BCUT2D eigenvalue weighted by molar-refractivity contribution is 5.48. The van der Waals surface area contributed by atoms with Gasteiger partial charge in [0.15, 0.2) is 0 Å². The lowest BCUT2D eigenvalue weighted by molar-refractivity contribution is -0.498. The van der Waals surface area contributed by atoms with Crippen molar-refractivity contribution in [3.8, 4) is 11.5 Å². The number of nitrogens with two attached hydrogens (primary N) is 2. The standard InChI is InChI=1S/C16H20N2O4/c1-21-13-5-7-15(17-19)11(9-13)3-4-12-10-14(22-2)6-8-16(12)18-20/h5-10H,3-4,17-18H2,1-2H3. The minimum Gasteiger partial charge on any atom is -0.630 e. The maximum atomic E-state index is 11.1. The summed E-state index contributed by atoms with van der Waals surface area (Å²) in [6.07, 6.45) is 1.28. The van der Waals surface area contributed by atoms with Gasteiger partial charge in [-0.1, -0.05) is 0 Å². The molecule has 0 amide bonds. The molecule has 0 saturated heterocycles. The van der Waals surface area contributed by atoms with E-state index in [9.17, 15) is 10.4 Å². The molecule has 0 radical (unpaired) electrons. The van der Waals surface area contributed by atoms with Gasteiger partial charge in [0.25, 0.3) is 0 Å². The zero-order valence-electron chi connectivity index (χ0n) is 12.7. The molecule has 0 atom stereocenters. The number of methoxy groups -OCH3 is 2. The molecule has 2 aromatic carbocycles. The Morgan fingerprint density at radius 2 is 1.18 bits per heavy atom. The van der Waals surface area contributed by atoms with Crippen molar-refractivity contribution in [1.82, 2.24) is 0 Å². The van der Waals surface area contributed by atoms with E-state index in [0.29, 0.717) is 35.7 Å². The van der Waals surface area contributed by atoms with Crippen molar-refractivity contribution < 1.29 is 20.4 Å². The van der Waals surface area contributed by atoms with Crippen LogP contribution in [0.25, 0.3) is 0 Å². The smallest absolute Gasteiger partial charge is 0.133 e. The van der Waals surface area contributed by atoms with Crippen LogP contribution in [0.4, 0.5) is 11.4 Å². The molecule has 0 aromatic heterocycles. The summed E-state index contributed by atoms with van der Waals surface area (Å²) in [7, 11) is 3.18. The van der Waals surface area contributed by atoms with E-state index in [4.69, 9.17) is 9.47 Å². The molecule has 6 heteroatoms. The Labute approximate surface area is 129 Å². The van der Waals surface area contributed by atoms with Crippen LogP contribution in [-0.4, -0.2) is 14.2 Å². The second-order valence-electron chi connectivity index (χ2n) is 4.87. The van der Waals surface area contributed by atoms with Crippen LogP contribution in [-0.2, 0) is 12.8 Å². The lowest BCUT2D eigenvalue weighted by atomic mass is 10.0. The average Bonchev–Trinajstić information content (AvgIpc) is 2.59. The maximum absolute atomic E-state index is 11.1. The molecule has 0 aliphatic carbocycles. The summed E-state index contributed by atoms with van der Waals surface area (Å²) >= 11 is 0. The molecular formula is C16H20N2O4. The van der Waals surface area contributed by atoms with Gasteiger partial charge in [0.2, 0.25) is 0 Å². The molecule has 4 N–H and O–H groups in total. The van der Waals surface area contributed by atoms with Crippen molar-refractivity contribution >= 4 is 11.4 Å². The van der Waals surface area contributed by atoms with Crippen molar-refractivity contribution in [1.29, 1.82) is 0 Å². The summed E-state index contributed by atoms with van der Waals surface area (Å²) in [5.74, 6) is 1.42. The van der Waals surface area contributed by atoms with E-state index in [1.54, 1.807) is 38.5 Å². The number of rotatable bonds is 7. The van der Waals surface area contributed by atoms with Gasteiger partial charge in [0.1, 0.15) is 22.9 Å². The maximum Gasteiger partial charge on any atom is 0.133 e. The van der Waals surface area contributed by atoms with E-state index >= 15 is 0 Å². The van der Waals surface area contributed by atoms with Gasteiger partial charge in [-0.15, -0.1) is 0 Å². The van der Waals surface area contributed by atoms with Gasteiger partial charge in [0.05, 0.1) is 14.2 Å². The summed E-state index contributed by atoms with van der Waals surface area (Å²) in [5, 5.41) is 22.3. The molecule has 0 bridgehead atoms. The number of hydrogen-bond acceptors (Lipinski definition) is 4. The van der Waals surface area contributed by atoms with Gasteiger partial charge >= 0.3 is 0 Å². The molecule has 0 saturated carbocycles. The summed E-state index contributed by atoms with van der Waals surface area (Å²) < 4.78 is 10.4. The SMILES string of the molecule is COc1ccc([NH2+][O-])c(CCc2cc(OC)ccc2[NH2+][O-])c1. The van der Waals surface area contributed by atoms with Crippen LogP contribution >= 0.6 is 0 Å². The quantitative estimate of drug-likeness (QED) is 0.586. The highest BCUT2D eigenvalue weighted by Gasteiger charge is 2.10. The number of quaternary nitrogens is 2. The molecule has 2 aromatic rings. The van der Waals surface area contributed by atoms with Crippen LogP contribution in [0.15, 0.2) is 36.4 Å². The molecule has 0 aliphatic heterocycles. The molecule has 0 unspecified atom stereocenters. The highest BCUT2D eigenvalue weighted by Crippen LogP contribution is 2.24. The first kappa shape index (κ1) is 16.3. The van der Waals surface area contributed by atoms with Crippen LogP contribution in [0.2, 0.25) is 0 Å². The van der Waals surface area contributed by atoms with Gasteiger partial charge in [-0.25, -0.2) is 0 Å². The first-order chi connectivity index (χ1) is 10.7.